The Morgan fingerprint density at radius 1 is 0.488 bits per heavy atom. The first-order valence-electron chi connectivity index (χ1n) is 14.7. The molecule has 0 saturated heterocycles. The van der Waals surface area contributed by atoms with Crippen molar-refractivity contribution >= 4 is 70.7 Å². The molecule has 0 spiro atoms. The summed E-state index contributed by atoms with van der Waals surface area (Å²) in [5.41, 5.74) is 6.43. The maximum atomic E-state index is 9.65. The molecule has 9 aromatic carbocycles. The van der Waals surface area contributed by atoms with Crippen LogP contribution in [0, 0.1) is 11.3 Å². The summed E-state index contributed by atoms with van der Waals surface area (Å²) in [6.07, 6.45) is 2.00. The second-order valence-electron chi connectivity index (χ2n) is 11.7. The minimum atomic E-state index is 0.689. The van der Waals surface area contributed by atoms with Crippen LogP contribution in [0.5, 0.6) is 0 Å². The van der Waals surface area contributed by atoms with Gasteiger partial charge in [0.05, 0.1) is 6.07 Å². The Morgan fingerprint density at radius 3 is 1.33 bits per heavy atom. The molecule has 0 N–H and O–H groups in total. The number of hydrogen-bond acceptors (Lipinski definition) is 1. The molecule has 0 atom stereocenters. The highest BCUT2D eigenvalue weighted by Crippen LogP contribution is 2.43. The normalized spacial score (nSPS) is 12.4. The van der Waals surface area contributed by atoms with Gasteiger partial charge in [-0.1, -0.05) is 109 Å². The van der Waals surface area contributed by atoms with Crippen LogP contribution in [-0.4, -0.2) is 0 Å². The number of nitriles is 1. The first-order valence-corrected chi connectivity index (χ1v) is 14.7. The highest BCUT2D eigenvalue weighted by atomic mass is 14.2. The van der Waals surface area contributed by atoms with Gasteiger partial charge in [-0.2, -0.15) is 5.26 Å². The van der Waals surface area contributed by atoms with E-state index in [1.165, 1.54) is 75.8 Å². The minimum Gasteiger partial charge on any atom is -0.193 e. The van der Waals surface area contributed by atoms with Crippen LogP contribution in [-0.2, 0) is 0 Å². The lowest BCUT2D eigenvalue weighted by atomic mass is 9.86. The van der Waals surface area contributed by atoms with Crippen LogP contribution in [0.25, 0.3) is 93.0 Å². The third-order valence-electron chi connectivity index (χ3n) is 9.19. The number of benzene rings is 9. The third kappa shape index (κ3) is 3.51. The van der Waals surface area contributed by atoms with Crippen LogP contribution in [0.2, 0.25) is 0 Å². The molecule has 0 heterocycles. The molecule has 198 valence electrons. The predicted molar refractivity (Wildman–Crippen MR) is 184 cm³/mol. The van der Waals surface area contributed by atoms with E-state index in [-0.39, 0.29) is 0 Å². The average molecular weight is 544 g/mol. The molecular formula is C42H25N. The van der Waals surface area contributed by atoms with Gasteiger partial charge >= 0.3 is 0 Å². The molecular weight excluding hydrogens is 518 g/mol. The van der Waals surface area contributed by atoms with E-state index >= 15 is 0 Å². The summed E-state index contributed by atoms with van der Waals surface area (Å²) in [6, 6.07) is 49.2. The predicted octanol–water partition coefficient (Wildman–Crippen LogP) is 11.7. The van der Waals surface area contributed by atoms with Gasteiger partial charge in [-0.3, -0.25) is 0 Å². The zero-order chi connectivity index (χ0) is 28.7. The Hall–Kier alpha value is -5.71. The molecule has 43 heavy (non-hydrogen) atoms. The molecule has 9 aromatic rings. The van der Waals surface area contributed by atoms with Crippen molar-refractivity contribution in [2.75, 3.05) is 0 Å². The molecule has 0 bridgehead atoms. The molecule has 1 nitrogen and oxygen atoms in total. The van der Waals surface area contributed by atoms with Crippen molar-refractivity contribution in [3.05, 3.63) is 139 Å². The number of allylic oxidation sites excluding steroid dienone is 1. The summed E-state index contributed by atoms with van der Waals surface area (Å²) in [5.74, 6) is 0. The molecule has 0 aliphatic carbocycles. The largest absolute Gasteiger partial charge is 0.193 e. The molecule has 0 radical (unpaired) electrons. The Bertz CT molecular complexity index is 2430. The monoisotopic (exact) mass is 543 g/mol. The zero-order valence-corrected chi connectivity index (χ0v) is 23.6. The van der Waals surface area contributed by atoms with Crippen LogP contribution in [0.15, 0.2) is 133 Å². The molecule has 0 aliphatic heterocycles. The summed E-state index contributed by atoms with van der Waals surface area (Å²) >= 11 is 0. The lowest BCUT2D eigenvalue weighted by molar-refractivity contribution is 1.46. The fraction of sp³-hybridized carbons (Fsp3) is 0.0238. The molecule has 0 saturated carbocycles. The molecule has 1 heteroatoms. The molecule has 0 aromatic heterocycles. The maximum Gasteiger partial charge on any atom is 0.0944 e. The van der Waals surface area contributed by atoms with Crippen LogP contribution in [0.4, 0.5) is 0 Å². The van der Waals surface area contributed by atoms with E-state index in [9.17, 15) is 5.26 Å². The smallest absolute Gasteiger partial charge is 0.0944 e. The second kappa shape index (κ2) is 8.89. The lowest BCUT2D eigenvalue weighted by Gasteiger charge is -2.17. The van der Waals surface area contributed by atoms with Crippen molar-refractivity contribution < 1.29 is 0 Å². The van der Waals surface area contributed by atoms with Crippen LogP contribution >= 0.6 is 0 Å². The average Bonchev–Trinajstić information content (AvgIpc) is 3.05. The topological polar surface area (TPSA) is 23.8 Å². The molecule has 9 rings (SSSR count). The van der Waals surface area contributed by atoms with Crippen LogP contribution in [0.1, 0.15) is 12.5 Å². The summed E-state index contributed by atoms with van der Waals surface area (Å²) < 4.78 is 0. The summed E-state index contributed by atoms with van der Waals surface area (Å²) in [6.45, 7) is 1.87. The minimum absolute atomic E-state index is 0.689. The van der Waals surface area contributed by atoms with Gasteiger partial charge in [0.25, 0.3) is 0 Å². The number of rotatable bonds is 3. The quantitative estimate of drug-likeness (QED) is 0.161. The van der Waals surface area contributed by atoms with Crippen LogP contribution in [0.3, 0.4) is 0 Å². The van der Waals surface area contributed by atoms with Gasteiger partial charge in [0, 0.05) is 5.57 Å². The van der Waals surface area contributed by atoms with E-state index < -0.39 is 0 Å². The Kier molecular flexibility index (Phi) is 4.95. The van der Waals surface area contributed by atoms with Crippen LogP contribution < -0.4 is 0 Å². The summed E-state index contributed by atoms with van der Waals surface area (Å²) in [5, 5.41) is 25.0. The fourth-order valence-corrected chi connectivity index (χ4v) is 7.30. The van der Waals surface area contributed by atoms with E-state index in [0.717, 1.165) is 16.7 Å². The Balaban J connectivity index is 1.35. The summed E-state index contributed by atoms with van der Waals surface area (Å²) in [4.78, 5) is 0. The van der Waals surface area contributed by atoms with Crippen molar-refractivity contribution in [3.63, 3.8) is 0 Å². The lowest BCUT2D eigenvalue weighted by Crippen LogP contribution is -1.91. The highest BCUT2D eigenvalue weighted by molar-refractivity contribution is 6.27. The Labute approximate surface area is 249 Å². The van der Waals surface area contributed by atoms with Crippen molar-refractivity contribution in [2.45, 2.75) is 6.92 Å². The van der Waals surface area contributed by atoms with Gasteiger partial charge < -0.3 is 0 Å². The first kappa shape index (κ1) is 23.9. The van der Waals surface area contributed by atoms with Gasteiger partial charge in [-0.05, 0) is 124 Å². The second-order valence-corrected chi connectivity index (χ2v) is 11.7. The van der Waals surface area contributed by atoms with Crippen molar-refractivity contribution in [1.82, 2.24) is 0 Å². The zero-order valence-electron chi connectivity index (χ0n) is 23.6. The van der Waals surface area contributed by atoms with Crippen molar-refractivity contribution in [1.29, 1.82) is 5.26 Å². The van der Waals surface area contributed by atoms with E-state index in [0.29, 0.717) is 5.57 Å². The number of nitrogens with zero attached hydrogens (tertiary/aromatic N) is 1. The van der Waals surface area contributed by atoms with Gasteiger partial charge in [-0.25, -0.2) is 0 Å². The van der Waals surface area contributed by atoms with E-state index in [2.05, 4.69) is 133 Å². The molecule has 0 unspecified atom stereocenters. The van der Waals surface area contributed by atoms with Gasteiger partial charge in [-0.15, -0.1) is 0 Å². The van der Waals surface area contributed by atoms with Gasteiger partial charge in [0.2, 0.25) is 0 Å². The van der Waals surface area contributed by atoms with Crippen molar-refractivity contribution in [2.24, 2.45) is 0 Å². The van der Waals surface area contributed by atoms with Gasteiger partial charge in [0.1, 0.15) is 0 Å². The van der Waals surface area contributed by atoms with E-state index in [4.69, 9.17) is 0 Å². The third-order valence-corrected chi connectivity index (χ3v) is 9.19. The summed E-state index contributed by atoms with van der Waals surface area (Å²) in [7, 11) is 0. The van der Waals surface area contributed by atoms with Gasteiger partial charge in [0.15, 0.2) is 0 Å². The number of hydrogen-bond donors (Lipinski definition) is 0. The fourth-order valence-electron chi connectivity index (χ4n) is 7.30. The molecule has 0 fully saturated rings. The standard InChI is InChI=1S/C42H25N/c1-25(24-43)20-26-21-33(35-16-12-31-10-8-27-4-2-6-29-14-18-37(35)41(31)39(27)29)23-34(22-26)36-17-13-32-11-9-28-5-3-7-30-15-19-38(36)42(32)40(28)30/h2-23H,1H3/b25-20-. The van der Waals surface area contributed by atoms with E-state index in [1.54, 1.807) is 0 Å². The SMILES string of the molecule is C/C(C#N)=C/c1cc(-c2ccc3ccc4cccc5ccc2c3c45)cc(-c2ccc3ccc4cccc5ccc2c3c45)c1. The van der Waals surface area contributed by atoms with Crippen molar-refractivity contribution in [3.8, 4) is 28.3 Å². The van der Waals surface area contributed by atoms with E-state index in [1.807, 2.05) is 13.0 Å². The molecule has 0 aliphatic rings. The maximum absolute atomic E-state index is 9.65. The highest BCUT2D eigenvalue weighted by Gasteiger charge is 2.16. The first-order chi connectivity index (χ1) is 21.2. The molecule has 0 amide bonds. The Morgan fingerprint density at radius 2 is 0.884 bits per heavy atom.